The summed E-state index contributed by atoms with van der Waals surface area (Å²) in [5.41, 5.74) is 2.21. The minimum Gasteiger partial charge on any atom is -0.492 e. The maximum atomic E-state index is 12.7. The monoisotopic (exact) mass is 592 g/mol. The minimum absolute atomic E-state index is 0.0281. The van der Waals surface area contributed by atoms with Crippen LogP contribution in [0.15, 0.2) is 61.3 Å². The molecule has 4 rings (SSSR count). The lowest BCUT2D eigenvalue weighted by atomic mass is 9.91. The molecule has 222 valence electrons. The van der Waals surface area contributed by atoms with Crippen LogP contribution in [0.2, 0.25) is 5.02 Å². The fourth-order valence-electron chi connectivity index (χ4n) is 4.41. The molecule has 0 saturated carbocycles. The molecule has 11 heteroatoms. The maximum Gasteiger partial charge on any atom is 0.247 e. The number of carbonyl (C=O) groups is 2. The number of ether oxygens (including phenoxy) is 2. The van der Waals surface area contributed by atoms with Crippen molar-refractivity contribution in [2.24, 2.45) is 5.41 Å². The van der Waals surface area contributed by atoms with Crippen LogP contribution in [0.3, 0.4) is 0 Å². The lowest BCUT2D eigenvalue weighted by molar-refractivity contribution is -0.133. The number of amides is 2. The number of rotatable bonds is 10. The van der Waals surface area contributed by atoms with Crippen LogP contribution < -0.4 is 25.0 Å². The number of piperazine rings is 1. The molecule has 0 bridgehead atoms. The molecule has 0 unspecified atom stereocenters. The summed E-state index contributed by atoms with van der Waals surface area (Å²) in [6.07, 6.45) is 3.18. The van der Waals surface area contributed by atoms with E-state index in [0.29, 0.717) is 49.0 Å². The highest BCUT2D eigenvalue weighted by Crippen LogP contribution is 2.34. The van der Waals surface area contributed by atoms with Crippen LogP contribution in [0.5, 0.6) is 17.4 Å². The van der Waals surface area contributed by atoms with E-state index < -0.39 is 0 Å². The molecule has 1 aromatic heterocycles. The summed E-state index contributed by atoms with van der Waals surface area (Å²) in [5, 5.41) is 6.12. The molecule has 1 fully saturated rings. The first-order valence-electron chi connectivity index (χ1n) is 13.8. The molecular weight excluding hydrogens is 556 g/mol. The number of aromatic nitrogens is 2. The second kappa shape index (κ2) is 13.6. The van der Waals surface area contributed by atoms with Gasteiger partial charge in [-0.2, -0.15) is 4.98 Å². The Labute approximate surface area is 251 Å². The van der Waals surface area contributed by atoms with Gasteiger partial charge in [-0.25, -0.2) is 4.98 Å². The first kappa shape index (κ1) is 30.6. The molecule has 0 spiro atoms. The lowest BCUT2D eigenvalue weighted by Crippen LogP contribution is -2.49. The third-order valence-corrected chi connectivity index (χ3v) is 6.66. The molecule has 2 amide bonds. The van der Waals surface area contributed by atoms with Gasteiger partial charge in [0.2, 0.25) is 23.6 Å². The second-order valence-corrected chi connectivity index (χ2v) is 11.4. The van der Waals surface area contributed by atoms with Crippen LogP contribution in [-0.4, -0.2) is 59.5 Å². The first-order chi connectivity index (χ1) is 20.0. The molecule has 10 nitrogen and oxygen atoms in total. The van der Waals surface area contributed by atoms with Crippen LogP contribution in [0.25, 0.3) is 0 Å². The van der Waals surface area contributed by atoms with Crippen molar-refractivity contribution >= 4 is 46.4 Å². The summed E-state index contributed by atoms with van der Waals surface area (Å²) in [7, 11) is 0. The van der Waals surface area contributed by atoms with Gasteiger partial charge in [-0.3, -0.25) is 9.59 Å². The van der Waals surface area contributed by atoms with Gasteiger partial charge in [0.05, 0.1) is 18.5 Å². The van der Waals surface area contributed by atoms with Gasteiger partial charge in [0.25, 0.3) is 0 Å². The van der Waals surface area contributed by atoms with Crippen molar-refractivity contribution in [3.05, 3.63) is 66.3 Å². The predicted octanol–water partition coefficient (Wildman–Crippen LogP) is 6.27. The summed E-state index contributed by atoms with van der Waals surface area (Å²) >= 11 is 6.33. The Morgan fingerprint density at radius 1 is 1.12 bits per heavy atom. The van der Waals surface area contributed by atoms with Gasteiger partial charge in [0.15, 0.2) is 0 Å². The van der Waals surface area contributed by atoms with Gasteiger partial charge in [0.1, 0.15) is 16.5 Å². The summed E-state index contributed by atoms with van der Waals surface area (Å²) in [4.78, 5) is 37.3. The van der Waals surface area contributed by atoms with Crippen molar-refractivity contribution in [1.82, 2.24) is 14.9 Å². The third kappa shape index (κ3) is 8.36. The molecule has 2 N–H and O–H groups in total. The van der Waals surface area contributed by atoms with Crippen molar-refractivity contribution in [2.45, 2.75) is 34.1 Å². The highest BCUT2D eigenvalue weighted by Gasteiger charge is 2.25. The van der Waals surface area contributed by atoms with Crippen LogP contribution >= 0.6 is 11.6 Å². The molecule has 0 radical (unpaired) electrons. The van der Waals surface area contributed by atoms with E-state index in [9.17, 15) is 9.59 Å². The molecule has 2 heterocycles. The molecule has 3 aromatic rings. The van der Waals surface area contributed by atoms with Gasteiger partial charge in [-0.15, -0.1) is 0 Å². The topological polar surface area (TPSA) is 109 Å². The van der Waals surface area contributed by atoms with Gasteiger partial charge >= 0.3 is 0 Å². The number of benzene rings is 2. The zero-order valence-electron chi connectivity index (χ0n) is 24.4. The van der Waals surface area contributed by atoms with Crippen LogP contribution in [0, 0.1) is 5.41 Å². The molecule has 1 saturated heterocycles. The Bertz CT molecular complexity index is 1430. The SMILES string of the molecule is C=CC(=O)Nc1cccc(Oc2nc(Nc3ccc(N4CCN(C(=O)CC(C)(C)C)CC4)cc3OCC)ncc2Cl)c1. The molecule has 0 atom stereocenters. The number of carbonyl (C=O) groups excluding carboxylic acids is 2. The fourth-order valence-corrected chi connectivity index (χ4v) is 4.54. The van der Waals surface area contributed by atoms with Crippen LogP contribution in [-0.2, 0) is 9.59 Å². The average Bonchev–Trinajstić information content (AvgIpc) is 2.95. The smallest absolute Gasteiger partial charge is 0.247 e. The Hall–Kier alpha value is -4.31. The Morgan fingerprint density at radius 3 is 2.57 bits per heavy atom. The van der Waals surface area contributed by atoms with Crippen molar-refractivity contribution in [3.63, 3.8) is 0 Å². The summed E-state index contributed by atoms with van der Waals surface area (Å²) in [6, 6.07) is 12.8. The van der Waals surface area contributed by atoms with E-state index >= 15 is 0 Å². The number of nitrogens with zero attached hydrogens (tertiary/aromatic N) is 4. The van der Waals surface area contributed by atoms with Gasteiger partial charge in [-0.05, 0) is 42.7 Å². The molecular formula is C31H37ClN6O4. The molecule has 1 aliphatic rings. The molecule has 0 aliphatic carbocycles. The normalized spacial score (nSPS) is 13.4. The predicted molar refractivity (Wildman–Crippen MR) is 166 cm³/mol. The zero-order valence-corrected chi connectivity index (χ0v) is 25.2. The van der Waals surface area contributed by atoms with E-state index in [2.05, 4.69) is 52.9 Å². The molecule has 2 aromatic carbocycles. The standard InChI is InChI=1S/C31H37ClN6O4/c1-6-27(39)34-21-9-8-10-23(17-21)42-29-24(32)20-33-30(36-29)35-25-12-11-22(18-26(25)41-7-2)37-13-15-38(16-14-37)28(40)19-31(3,4)5/h6,8-12,17-18,20H,1,7,13-16,19H2,2-5H3,(H,34,39)(H,33,35,36). The Morgan fingerprint density at radius 2 is 1.88 bits per heavy atom. The molecule has 42 heavy (non-hydrogen) atoms. The van der Waals surface area contributed by atoms with Crippen LogP contribution in [0.4, 0.5) is 23.0 Å². The number of anilines is 4. The van der Waals surface area contributed by atoms with Crippen molar-refractivity contribution in [1.29, 1.82) is 0 Å². The van der Waals surface area contributed by atoms with E-state index in [1.165, 1.54) is 12.3 Å². The first-order valence-corrected chi connectivity index (χ1v) is 14.2. The van der Waals surface area contributed by atoms with E-state index in [0.717, 1.165) is 18.8 Å². The largest absolute Gasteiger partial charge is 0.492 e. The Kier molecular flexibility index (Phi) is 9.90. The summed E-state index contributed by atoms with van der Waals surface area (Å²) in [5.74, 6) is 1.37. The number of hydrogen-bond acceptors (Lipinski definition) is 8. The van der Waals surface area contributed by atoms with E-state index in [-0.39, 0.29) is 34.1 Å². The third-order valence-electron chi connectivity index (χ3n) is 6.40. The summed E-state index contributed by atoms with van der Waals surface area (Å²) < 4.78 is 11.9. The fraction of sp³-hybridized carbons (Fsp3) is 0.355. The number of nitrogens with one attached hydrogen (secondary N) is 2. The second-order valence-electron chi connectivity index (χ2n) is 11.0. The van der Waals surface area contributed by atoms with Gasteiger partial charge in [0, 0.05) is 56.1 Å². The lowest BCUT2D eigenvalue weighted by Gasteiger charge is -2.37. The minimum atomic E-state index is -0.330. The highest BCUT2D eigenvalue weighted by molar-refractivity contribution is 6.31. The average molecular weight is 593 g/mol. The highest BCUT2D eigenvalue weighted by atomic mass is 35.5. The maximum absolute atomic E-state index is 12.7. The number of hydrogen-bond donors (Lipinski definition) is 2. The molecule has 1 aliphatic heterocycles. The number of halogens is 1. The van der Waals surface area contributed by atoms with Crippen molar-refractivity contribution in [3.8, 4) is 17.4 Å². The van der Waals surface area contributed by atoms with Gasteiger partial charge < -0.3 is 29.9 Å². The van der Waals surface area contributed by atoms with E-state index in [1.54, 1.807) is 24.3 Å². The van der Waals surface area contributed by atoms with E-state index in [4.69, 9.17) is 21.1 Å². The van der Waals surface area contributed by atoms with Crippen molar-refractivity contribution < 1.29 is 19.1 Å². The summed E-state index contributed by atoms with van der Waals surface area (Å²) in [6.45, 7) is 15.0. The van der Waals surface area contributed by atoms with Crippen molar-refractivity contribution in [2.75, 3.05) is 48.3 Å². The van der Waals surface area contributed by atoms with Gasteiger partial charge in [-0.1, -0.05) is 45.0 Å². The Balaban J connectivity index is 1.46. The quantitative estimate of drug-likeness (QED) is 0.265. The van der Waals surface area contributed by atoms with E-state index in [1.807, 2.05) is 30.0 Å². The van der Waals surface area contributed by atoms with Crippen LogP contribution in [0.1, 0.15) is 34.1 Å². The zero-order chi connectivity index (χ0) is 30.3.